The largest absolute Gasteiger partial charge is 0.497 e. The Labute approximate surface area is 161 Å². The molecule has 0 spiro atoms. The molecule has 0 fully saturated rings. The highest BCUT2D eigenvalue weighted by Crippen LogP contribution is 2.31. The molecule has 0 atom stereocenters. The molecule has 0 unspecified atom stereocenters. The van der Waals surface area contributed by atoms with Crippen molar-refractivity contribution in [2.24, 2.45) is 0 Å². The number of nitrogens with zero attached hydrogens (tertiary/aromatic N) is 1. The molecule has 1 aromatic heterocycles. The minimum absolute atomic E-state index is 0.276. The lowest BCUT2D eigenvalue weighted by Crippen LogP contribution is -2.12. The second-order valence-electron chi connectivity index (χ2n) is 5.73. The molecule has 0 radical (unpaired) electrons. The van der Waals surface area contributed by atoms with E-state index in [-0.39, 0.29) is 5.91 Å². The molecule has 27 heavy (non-hydrogen) atoms. The van der Waals surface area contributed by atoms with Crippen molar-refractivity contribution in [1.82, 2.24) is 4.98 Å². The van der Waals surface area contributed by atoms with Crippen molar-refractivity contribution < 1.29 is 19.0 Å². The summed E-state index contributed by atoms with van der Waals surface area (Å²) in [6.45, 7) is 1.88. The molecule has 0 aliphatic carbocycles. The number of methoxy groups -OCH3 is 3. The number of carbonyl (C=O) groups excluding carboxylic acids is 1. The van der Waals surface area contributed by atoms with Gasteiger partial charge in [-0.3, -0.25) is 10.1 Å². The zero-order chi connectivity index (χ0) is 19.4. The van der Waals surface area contributed by atoms with E-state index in [0.717, 1.165) is 22.6 Å². The van der Waals surface area contributed by atoms with Crippen LogP contribution >= 0.6 is 11.3 Å². The van der Waals surface area contributed by atoms with Crippen LogP contribution in [0.15, 0.2) is 41.8 Å². The van der Waals surface area contributed by atoms with Gasteiger partial charge in [0.2, 0.25) is 0 Å². The number of thiazole rings is 1. The third-order valence-corrected chi connectivity index (χ3v) is 4.88. The minimum Gasteiger partial charge on any atom is -0.497 e. The lowest BCUT2D eigenvalue weighted by atomic mass is 10.1. The molecule has 0 saturated heterocycles. The Balaban J connectivity index is 1.79. The molecule has 0 aliphatic heterocycles. The second-order valence-corrected chi connectivity index (χ2v) is 6.58. The van der Waals surface area contributed by atoms with E-state index in [4.69, 9.17) is 14.2 Å². The van der Waals surface area contributed by atoms with Gasteiger partial charge in [-0.1, -0.05) is 0 Å². The summed E-state index contributed by atoms with van der Waals surface area (Å²) in [7, 11) is 4.75. The van der Waals surface area contributed by atoms with Gasteiger partial charge in [-0.25, -0.2) is 4.98 Å². The number of rotatable bonds is 6. The van der Waals surface area contributed by atoms with Crippen LogP contribution in [0.2, 0.25) is 0 Å². The summed E-state index contributed by atoms with van der Waals surface area (Å²) in [5.74, 6) is 1.70. The van der Waals surface area contributed by atoms with Crippen molar-refractivity contribution in [3.8, 4) is 28.5 Å². The molecule has 0 bridgehead atoms. The van der Waals surface area contributed by atoms with E-state index < -0.39 is 0 Å². The summed E-state index contributed by atoms with van der Waals surface area (Å²) in [5.41, 5.74) is 3.02. The van der Waals surface area contributed by atoms with Gasteiger partial charge in [-0.2, -0.15) is 0 Å². The normalized spacial score (nSPS) is 10.4. The lowest BCUT2D eigenvalue weighted by Gasteiger charge is -2.12. The summed E-state index contributed by atoms with van der Waals surface area (Å²) in [6, 6.07) is 11.0. The van der Waals surface area contributed by atoms with E-state index in [0.29, 0.717) is 22.2 Å². The number of carbonyl (C=O) groups is 1. The van der Waals surface area contributed by atoms with Gasteiger partial charge in [0.1, 0.15) is 17.2 Å². The lowest BCUT2D eigenvalue weighted by molar-refractivity contribution is 0.102. The highest BCUT2D eigenvalue weighted by atomic mass is 32.1. The molecule has 3 rings (SSSR count). The zero-order valence-corrected chi connectivity index (χ0v) is 16.3. The quantitative estimate of drug-likeness (QED) is 0.682. The number of hydrogen-bond acceptors (Lipinski definition) is 6. The van der Waals surface area contributed by atoms with Crippen molar-refractivity contribution in [2.45, 2.75) is 6.92 Å². The molecule has 1 heterocycles. The fraction of sp³-hybridized carbons (Fsp3) is 0.200. The first-order valence-corrected chi connectivity index (χ1v) is 9.07. The maximum Gasteiger partial charge on any atom is 0.257 e. The van der Waals surface area contributed by atoms with Crippen molar-refractivity contribution >= 4 is 22.4 Å². The van der Waals surface area contributed by atoms with E-state index in [9.17, 15) is 4.79 Å². The molecule has 1 N–H and O–H groups in total. The topological polar surface area (TPSA) is 69.7 Å². The first-order valence-electron chi connectivity index (χ1n) is 8.19. The van der Waals surface area contributed by atoms with E-state index >= 15 is 0 Å². The van der Waals surface area contributed by atoms with Crippen LogP contribution in [0.3, 0.4) is 0 Å². The first kappa shape index (κ1) is 18.7. The van der Waals surface area contributed by atoms with Crippen LogP contribution in [-0.2, 0) is 0 Å². The first-order chi connectivity index (χ1) is 13.0. The number of amides is 1. The predicted octanol–water partition coefficient (Wildman–Crippen LogP) is 4.40. The Kier molecular flexibility index (Phi) is 5.61. The number of nitrogens with one attached hydrogen (secondary N) is 1. The summed E-state index contributed by atoms with van der Waals surface area (Å²) < 4.78 is 15.8. The summed E-state index contributed by atoms with van der Waals surface area (Å²) >= 11 is 1.36. The molecule has 0 saturated carbocycles. The Morgan fingerprint density at radius 1 is 1.00 bits per heavy atom. The summed E-state index contributed by atoms with van der Waals surface area (Å²) in [6.07, 6.45) is 0. The van der Waals surface area contributed by atoms with Gasteiger partial charge in [0, 0.05) is 22.1 Å². The molecule has 6 nitrogen and oxygen atoms in total. The number of anilines is 1. The van der Waals surface area contributed by atoms with Crippen molar-refractivity contribution in [3.05, 3.63) is 52.9 Å². The summed E-state index contributed by atoms with van der Waals surface area (Å²) in [4.78, 5) is 17.1. The maximum absolute atomic E-state index is 12.6. The summed E-state index contributed by atoms with van der Waals surface area (Å²) in [5, 5.41) is 5.24. The number of ether oxygens (including phenoxy) is 3. The van der Waals surface area contributed by atoms with E-state index in [1.807, 2.05) is 36.6 Å². The van der Waals surface area contributed by atoms with Crippen molar-refractivity contribution in [2.75, 3.05) is 26.6 Å². The molecule has 3 aromatic rings. The highest BCUT2D eigenvalue weighted by molar-refractivity contribution is 7.14. The Bertz CT molecular complexity index is 926. The van der Waals surface area contributed by atoms with Crippen LogP contribution in [-0.4, -0.2) is 32.2 Å². The molecular weight excluding hydrogens is 364 g/mol. The Morgan fingerprint density at radius 2 is 1.63 bits per heavy atom. The Hall–Kier alpha value is -3.06. The van der Waals surface area contributed by atoms with Gasteiger partial charge in [0.25, 0.3) is 5.91 Å². The standard InChI is InChI=1S/C20H20N2O4S/c1-12-17(25-3)9-14(10-18(12)26-4)19(23)22-20-21-16(11-27-20)13-5-7-15(24-2)8-6-13/h5-11H,1-4H3,(H,21,22,23). The van der Waals surface area contributed by atoms with Gasteiger partial charge >= 0.3 is 0 Å². The predicted molar refractivity (Wildman–Crippen MR) is 106 cm³/mol. The van der Waals surface area contributed by atoms with Crippen LogP contribution in [0.4, 0.5) is 5.13 Å². The minimum atomic E-state index is -0.276. The fourth-order valence-corrected chi connectivity index (χ4v) is 3.33. The van der Waals surface area contributed by atoms with Crippen molar-refractivity contribution in [1.29, 1.82) is 0 Å². The molecule has 2 aromatic carbocycles. The van der Waals surface area contributed by atoms with E-state index in [1.165, 1.54) is 11.3 Å². The molecular formula is C20H20N2O4S. The van der Waals surface area contributed by atoms with Crippen LogP contribution in [0, 0.1) is 6.92 Å². The third kappa shape index (κ3) is 4.03. The van der Waals surface area contributed by atoms with E-state index in [1.54, 1.807) is 33.5 Å². The van der Waals surface area contributed by atoms with Gasteiger partial charge in [0.05, 0.1) is 27.0 Å². The number of hydrogen-bond donors (Lipinski definition) is 1. The Morgan fingerprint density at radius 3 is 2.19 bits per heavy atom. The maximum atomic E-state index is 12.6. The average molecular weight is 384 g/mol. The number of benzene rings is 2. The SMILES string of the molecule is COc1ccc(-c2csc(NC(=O)c3cc(OC)c(C)c(OC)c3)n2)cc1. The molecule has 140 valence electrons. The van der Waals surface area contributed by atoms with Crippen molar-refractivity contribution in [3.63, 3.8) is 0 Å². The van der Waals surface area contributed by atoms with Gasteiger partial charge in [0.15, 0.2) is 5.13 Å². The average Bonchev–Trinajstić information content (AvgIpc) is 3.16. The smallest absolute Gasteiger partial charge is 0.257 e. The third-order valence-electron chi connectivity index (χ3n) is 4.12. The second kappa shape index (κ2) is 8.09. The van der Waals surface area contributed by atoms with Gasteiger partial charge < -0.3 is 14.2 Å². The van der Waals surface area contributed by atoms with E-state index in [2.05, 4.69) is 10.3 Å². The molecule has 7 heteroatoms. The molecule has 1 amide bonds. The fourth-order valence-electron chi connectivity index (χ4n) is 2.61. The zero-order valence-electron chi connectivity index (χ0n) is 15.5. The number of aromatic nitrogens is 1. The highest BCUT2D eigenvalue weighted by Gasteiger charge is 2.15. The van der Waals surface area contributed by atoms with Crippen LogP contribution < -0.4 is 19.5 Å². The van der Waals surface area contributed by atoms with Gasteiger partial charge in [-0.15, -0.1) is 11.3 Å². The monoisotopic (exact) mass is 384 g/mol. The van der Waals surface area contributed by atoms with Gasteiger partial charge in [-0.05, 0) is 43.3 Å². The van der Waals surface area contributed by atoms with Crippen LogP contribution in [0.25, 0.3) is 11.3 Å². The molecule has 0 aliphatic rings. The van der Waals surface area contributed by atoms with Crippen LogP contribution in [0.1, 0.15) is 15.9 Å². The van der Waals surface area contributed by atoms with Crippen LogP contribution in [0.5, 0.6) is 17.2 Å².